The number of likely N-dealkylation sites (tertiary alicyclic amines) is 1. The number of hydrogen-bond donors (Lipinski definition) is 1. The van der Waals surface area contributed by atoms with E-state index in [0.717, 1.165) is 25.8 Å². The first-order valence-corrected chi connectivity index (χ1v) is 7.46. The van der Waals surface area contributed by atoms with E-state index in [1.54, 1.807) is 0 Å². The zero-order valence-corrected chi connectivity index (χ0v) is 12.2. The van der Waals surface area contributed by atoms with E-state index < -0.39 is 0 Å². The van der Waals surface area contributed by atoms with Crippen LogP contribution in [0.5, 0.6) is 0 Å². The van der Waals surface area contributed by atoms with Crippen LogP contribution >= 0.6 is 0 Å². The van der Waals surface area contributed by atoms with Crippen LogP contribution in [0.15, 0.2) is 0 Å². The van der Waals surface area contributed by atoms with Crippen LogP contribution in [0.4, 0.5) is 0 Å². The minimum absolute atomic E-state index is 0.156. The molecule has 6 unspecified atom stereocenters. The molecule has 1 heterocycles. The van der Waals surface area contributed by atoms with Crippen molar-refractivity contribution in [2.24, 2.45) is 29.4 Å². The van der Waals surface area contributed by atoms with Crippen LogP contribution in [0.3, 0.4) is 0 Å². The molecule has 0 aromatic carbocycles. The fraction of sp³-hybridized carbons (Fsp3) is 0.933. The predicted octanol–water partition coefficient (Wildman–Crippen LogP) is 2.25. The first kappa shape index (κ1) is 13.9. The maximum absolute atomic E-state index is 12.7. The SMILES string of the molecule is CC1CC(C)N(C(=O)C2CC(N)C(C)CC2C)C1. The molecule has 0 aromatic heterocycles. The molecule has 0 bridgehead atoms. The van der Waals surface area contributed by atoms with Gasteiger partial charge in [-0.1, -0.05) is 20.8 Å². The summed E-state index contributed by atoms with van der Waals surface area (Å²) in [5, 5.41) is 0. The summed E-state index contributed by atoms with van der Waals surface area (Å²) < 4.78 is 0. The van der Waals surface area contributed by atoms with Crippen LogP contribution in [0.1, 0.15) is 47.0 Å². The second-order valence-corrected chi connectivity index (χ2v) is 6.88. The van der Waals surface area contributed by atoms with Crippen molar-refractivity contribution in [3.05, 3.63) is 0 Å². The molecule has 3 nitrogen and oxygen atoms in total. The molecule has 1 amide bonds. The highest BCUT2D eigenvalue weighted by Gasteiger charge is 2.40. The maximum Gasteiger partial charge on any atom is 0.226 e. The quantitative estimate of drug-likeness (QED) is 0.778. The van der Waals surface area contributed by atoms with Crippen LogP contribution in [0.2, 0.25) is 0 Å². The Morgan fingerprint density at radius 2 is 1.72 bits per heavy atom. The molecule has 2 aliphatic rings. The van der Waals surface area contributed by atoms with Gasteiger partial charge < -0.3 is 10.6 Å². The van der Waals surface area contributed by atoms with Crippen molar-refractivity contribution in [3.8, 4) is 0 Å². The molecule has 2 fully saturated rings. The minimum atomic E-state index is 0.156. The van der Waals surface area contributed by atoms with Gasteiger partial charge >= 0.3 is 0 Å². The lowest BCUT2D eigenvalue weighted by Crippen LogP contribution is -2.47. The molecular weight excluding hydrogens is 224 g/mol. The van der Waals surface area contributed by atoms with E-state index in [9.17, 15) is 4.79 Å². The van der Waals surface area contributed by atoms with Gasteiger partial charge in [-0.15, -0.1) is 0 Å². The summed E-state index contributed by atoms with van der Waals surface area (Å²) >= 11 is 0. The number of nitrogens with zero attached hydrogens (tertiary/aromatic N) is 1. The van der Waals surface area contributed by atoms with Crippen molar-refractivity contribution in [1.82, 2.24) is 4.90 Å². The Morgan fingerprint density at radius 3 is 2.28 bits per heavy atom. The number of carbonyl (C=O) groups excluding carboxylic acids is 1. The Labute approximate surface area is 111 Å². The van der Waals surface area contributed by atoms with Gasteiger partial charge in [-0.25, -0.2) is 0 Å². The second kappa shape index (κ2) is 5.20. The van der Waals surface area contributed by atoms with Crippen LogP contribution in [-0.4, -0.2) is 29.4 Å². The van der Waals surface area contributed by atoms with Gasteiger partial charge in [0.1, 0.15) is 0 Å². The smallest absolute Gasteiger partial charge is 0.226 e. The highest BCUT2D eigenvalue weighted by molar-refractivity contribution is 5.80. The number of hydrogen-bond acceptors (Lipinski definition) is 2. The van der Waals surface area contributed by atoms with Crippen molar-refractivity contribution >= 4 is 5.91 Å². The first-order chi connectivity index (χ1) is 8.40. The Morgan fingerprint density at radius 1 is 1.06 bits per heavy atom. The molecule has 1 saturated carbocycles. The van der Waals surface area contributed by atoms with Crippen molar-refractivity contribution < 1.29 is 4.79 Å². The van der Waals surface area contributed by atoms with Gasteiger partial charge in [0, 0.05) is 24.5 Å². The number of rotatable bonds is 1. The topological polar surface area (TPSA) is 46.3 Å². The van der Waals surface area contributed by atoms with Crippen molar-refractivity contribution in [2.75, 3.05) is 6.54 Å². The molecular formula is C15H28N2O. The zero-order valence-electron chi connectivity index (χ0n) is 12.2. The van der Waals surface area contributed by atoms with Gasteiger partial charge in [-0.3, -0.25) is 4.79 Å². The minimum Gasteiger partial charge on any atom is -0.339 e. The summed E-state index contributed by atoms with van der Waals surface area (Å²) in [4.78, 5) is 14.8. The molecule has 2 N–H and O–H groups in total. The molecule has 0 spiro atoms. The number of carbonyl (C=O) groups is 1. The fourth-order valence-corrected chi connectivity index (χ4v) is 3.85. The van der Waals surface area contributed by atoms with E-state index in [2.05, 4.69) is 32.6 Å². The molecule has 1 saturated heterocycles. The molecule has 2 rings (SSSR count). The summed E-state index contributed by atoms with van der Waals surface area (Å²) in [7, 11) is 0. The lowest BCUT2D eigenvalue weighted by molar-refractivity contribution is -0.139. The number of nitrogens with two attached hydrogens (primary N) is 1. The monoisotopic (exact) mass is 252 g/mol. The third kappa shape index (κ3) is 2.56. The van der Waals surface area contributed by atoms with Gasteiger partial charge in [0.25, 0.3) is 0 Å². The predicted molar refractivity (Wildman–Crippen MR) is 74.0 cm³/mol. The molecule has 3 heteroatoms. The molecule has 0 aromatic rings. The van der Waals surface area contributed by atoms with Gasteiger partial charge in [0.15, 0.2) is 0 Å². The van der Waals surface area contributed by atoms with Crippen molar-refractivity contribution in [3.63, 3.8) is 0 Å². The van der Waals surface area contributed by atoms with E-state index in [-0.39, 0.29) is 12.0 Å². The standard InChI is InChI=1S/C15H28N2O/c1-9-5-12(4)17(8-9)15(18)13-7-14(16)11(3)6-10(13)2/h9-14H,5-8,16H2,1-4H3. The van der Waals surface area contributed by atoms with Gasteiger partial charge in [0.05, 0.1) is 0 Å². The van der Waals surface area contributed by atoms with Crippen molar-refractivity contribution in [1.29, 1.82) is 0 Å². The lowest BCUT2D eigenvalue weighted by atomic mass is 9.72. The van der Waals surface area contributed by atoms with Crippen LogP contribution in [0.25, 0.3) is 0 Å². The summed E-state index contributed by atoms with van der Waals surface area (Å²) in [6.07, 6.45) is 3.11. The van der Waals surface area contributed by atoms with Crippen LogP contribution in [-0.2, 0) is 4.79 Å². The molecule has 18 heavy (non-hydrogen) atoms. The zero-order chi connectivity index (χ0) is 13.4. The fourth-order valence-electron chi connectivity index (χ4n) is 3.85. The van der Waals surface area contributed by atoms with E-state index in [0.29, 0.717) is 29.7 Å². The normalized spacial score (nSPS) is 45.3. The molecule has 6 atom stereocenters. The van der Waals surface area contributed by atoms with E-state index in [4.69, 9.17) is 5.73 Å². The van der Waals surface area contributed by atoms with Crippen molar-refractivity contribution in [2.45, 2.75) is 59.0 Å². The largest absolute Gasteiger partial charge is 0.339 e. The van der Waals surface area contributed by atoms with Gasteiger partial charge in [0.2, 0.25) is 5.91 Å². The Hall–Kier alpha value is -0.570. The highest BCUT2D eigenvalue weighted by Crippen LogP contribution is 2.36. The Kier molecular flexibility index (Phi) is 4.00. The molecule has 104 valence electrons. The van der Waals surface area contributed by atoms with E-state index in [1.165, 1.54) is 0 Å². The first-order valence-electron chi connectivity index (χ1n) is 7.46. The summed E-state index contributed by atoms with van der Waals surface area (Å²) in [5.41, 5.74) is 6.16. The maximum atomic E-state index is 12.7. The summed E-state index contributed by atoms with van der Waals surface area (Å²) in [5.74, 6) is 2.20. The summed E-state index contributed by atoms with van der Waals surface area (Å²) in [6, 6.07) is 0.612. The molecule has 1 aliphatic heterocycles. The van der Waals surface area contributed by atoms with Gasteiger partial charge in [-0.2, -0.15) is 0 Å². The second-order valence-electron chi connectivity index (χ2n) is 6.88. The van der Waals surface area contributed by atoms with Crippen LogP contribution < -0.4 is 5.73 Å². The number of amides is 1. The van der Waals surface area contributed by atoms with E-state index in [1.807, 2.05) is 0 Å². The third-order valence-corrected chi connectivity index (χ3v) is 5.07. The van der Waals surface area contributed by atoms with Gasteiger partial charge in [-0.05, 0) is 43.9 Å². The summed E-state index contributed by atoms with van der Waals surface area (Å²) in [6.45, 7) is 9.78. The van der Waals surface area contributed by atoms with Crippen LogP contribution in [0, 0.1) is 23.7 Å². The lowest BCUT2D eigenvalue weighted by Gasteiger charge is -2.38. The van der Waals surface area contributed by atoms with E-state index >= 15 is 0 Å². The Bertz CT molecular complexity index is 318. The average Bonchev–Trinajstić information content (AvgIpc) is 2.62. The third-order valence-electron chi connectivity index (χ3n) is 5.07. The average molecular weight is 252 g/mol. The molecule has 1 aliphatic carbocycles. The Balaban J connectivity index is 2.04. The highest BCUT2D eigenvalue weighted by atomic mass is 16.2. The molecule has 0 radical (unpaired) electrons.